The highest BCUT2D eigenvalue weighted by Gasteiger charge is 2.54. The standard InChI is InChI=1S/C22H25NO3/c1-16-21(25-14-17-8-4-2-5-9-17)19-12-13-20(19)23(16)22(24)26-15-18-10-6-3-7-11-18/h2-11,16,19-21H,12-15H2,1H3/t16?,19-,20+,21?/m0/s1. The van der Waals surface area contributed by atoms with Gasteiger partial charge in [0, 0.05) is 12.0 Å². The maximum atomic E-state index is 12.7. The van der Waals surface area contributed by atoms with E-state index >= 15 is 0 Å². The van der Waals surface area contributed by atoms with Crippen LogP contribution in [0.2, 0.25) is 0 Å². The van der Waals surface area contributed by atoms with Gasteiger partial charge in [-0.25, -0.2) is 4.79 Å². The van der Waals surface area contributed by atoms with Crippen molar-refractivity contribution in [3.8, 4) is 0 Å². The third kappa shape index (κ3) is 3.34. The Bertz CT molecular complexity index is 734. The lowest BCUT2D eigenvalue weighted by atomic mass is 9.78. The van der Waals surface area contributed by atoms with Gasteiger partial charge in [0.1, 0.15) is 6.61 Å². The zero-order valence-electron chi connectivity index (χ0n) is 15.1. The molecule has 1 aliphatic heterocycles. The van der Waals surface area contributed by atoms with Crippen LogP contribution < -0.4 is 0 Å². The first-order chi connectivity index (χ1) is 12.7. The van der Waals surface area contributed by atoms with Gasteiger partial charge in [0.15, 0.2) is 0 Å². The number of hydrogen-bond acceptors (Lipinski definition) is 3. The molecule has 2 fully saturated rings. The fraction of sp³-hybridized carbons (Fsp3) is 0.409. The number of ether oxygens (including phenoxy) is 2. The van der Waals surface area contributed by atoms with Gasteiger partial charge in [0.05, 0.1) is 18.8 Å². The van der Waals surface area contributed by atoms with Gasteiger partial charge in [0.2, 0.25) is 0 Å². The topological polar surface area (TPSA) is 38.8 Å². The second-order valence-corrected chi connectivity index (χ2v) is 7.26. The molecule has 1 aliphatic carbocycles. The van der Waals surface area contributed by atoms with E-state index in [9.17, 15) is 4.79 Å². The lowest BCUT2D eigenvalue weighted by molar-refractivity contribution is -0.0104. The average molecular weight is 351 g/mol. The Labute approximate surface area is 154 Å². The highest BCUT2D eigenvalue weighted by Crippen LogP contribution is 2.45. The molecule has 0 radical (unpaired) electrons. The minimum atomic E-state index is -0.220. The van der Waals surface area contributed by atoms with Crippen LogP contribution in [0.15, 0.2) is 60.7 Å². The van der Waals surface area contributed by atoms with E-state index in [-0.39, 0.29) is 24.3 Å². The minimum Gasteiger partial charge on any atom is -0.445 e. The van der Waals surface area contributed by atoms with E-state index in [4.69, 9.17) is 9.47 Å². The van der Waals surface area contributed by atoms with Crippen molar-refractivity contribution in [2.75, 3.05) is 0 Å². The summed E-state index contributed by atoms with van der Waals surface area (Å²) in [5, 5.41) is 0. The molecule has 1 saturated heterocycles. The van der Waals surface area contributed by atoms with E-state index in [0.29, 0.717) is 19.1 Å². The molecule has 26 heavy (non-hydrogen) atoms. The molecule has 4 atom stereocenters. The highest BCUT2D eigenvalue weighted by molar-refractivity contribution is 5.69. The second-order valence-electron chi connectivity index (χ2n) is 7.26. The second kappa shape index (κ2) is 7.50. The van der Waals surface area contributed by atoms with E-state index < -0.39 is 0 Å². The van der Waals surface area contributed by atoms with Crippen molar-refractivity contribution in [2.24, 2.45) is 5.92 Å². The van der Waals surface area contributed by atoms with Crippen molar-refractivity contribution in [3.63, 3.8) is 0 Å². The number of amides is 1. The average Bonchev–Trinajstić information content (AvgIpc) is 2.85. The third-order valence-corrected chi connectivity index (χ3v) is 5.68. The SMILES string of the molecule is CC1C(OCc2ccccc2)[C@H]2CC[C@H]2N1C(=O)OCc1ccccc1. The summed E-state index contributed by atoms with van der Waals surface area (Å²) in [6.07, 6.45) is 2.03. The first kappa shape index (κ1) is 17.1. The molecule has 1 saturated carbocycles. The Balaban J connectivity index is 1.37. The molecular formula is C22H25NO3. The Kier molecular flexibility index (Phi) is 4.93. The molecule has 2 unspecified atom stereocenters. The number of nitrogens with zero attached hydrogens (tertiary/aromatic N) is 1. The number of benzene rings is 2. The van der Waals surface area contributed by atoms with Crippen LogP contribution in [-0.2, 0) is 22.7 Å². The maximum absolute atomic E-state index is 12.7. The summed E-state index contributed by atoms with van der Waals surface area (Å²) >= 11 is 0. The molecular weight excluding hydrogens is 326 g/mol. The van der Waals surface area contributed by atoms with E-state index in [2.05, 4.69) is 19.1 Å². The number of hydrogen-bond donors (Lipinski definition) is 0. The zero-order chi connectivity index (χ0) is 17.9. The minimum absolute atomic E-state index is 0.0412. The number of fused-ring (bicyclic) bond motifs is 1. The van der Waals surface area contributed by atoms with Gasteiger partial charge in [0.25, 0.3) is 0 Å². The monoisotopic (exact) mass is 351 g/mol. The molecule has 1 heterocycles. The Morgan fingerprint density at radius 3 is 2.15 bits per heavy atom. The van der Waals surface area contributed by atoms with Crippen LogP contribution in [0.3, 0.4) is 0 Å². The number of likely N-dealkylation sites (tertiary alicyclic amines) is 1. The largest absolute Gasteiger partial charge is 0.445 e. The summed E-state index contributed by atoms with van der Waals surface area (Å²) in [7, 11) is 0. The lowest BCUT2D eigenvalue weighted by Gasteiger charge is -2.36. The van der Waals surface area contributed by atoms with Crippen molar-refractivity contribution in [3.05, 3.63) is 71.8 Å². The lowest BCUT2D eigenvalue weighted by Crippen LogP contribution is -2.45. The number of carbonyl (C=O) groups is 1. The van der Waals surface area contributed by atoms with Crippen LogP contribution in [-0.4, -0.2) is 29.2 Å². The van der Waals surface area contributed by atoms with Gasteiger partial charge < -0.3 is 9.47 Å². The Morgan fingerprint density at radius 2 is 1.58 bits per heavy atom. The van der Waals surface area contributed by atoms with Crippen LogP contribution in [0, 0.1) is 5.92 Å². The Morgan fingerprint density at radius 1 is 0.962 bits per heavy atom. The van der Waals surface area contributed by atoms with Crippen LogP contribution in [0.1, 0.15) is 30.9 Å². The van der Waals surface area contributed by atoms with Gasteiger partial charge >= 0.3 is 6.09 Å². The molecule has 0 spiro atoms. The number of carbonyl (C=O) groups excluding carboxylic acids is 1. The summed E-state index contributed by atoms with van der Waals surface area (Å²) in [4.78, 5) is 14.6. The molecule has 4 heteroatoms. The summed E-state index contributed by atoms with van der Waals surface area (Å²) in [5.74, 6) is 0.429. The van der Waals surface area contributed by atoms with Gasteiger partial charge in [-0.2, -0.15) is 0 Å². The number of rotatable bonds is 5. The molecule has 2 aromatic rings. The quantitative estimate of drug-likeness (QED) is 0.802. The molecule has 4 rings (SSSR count). The van der Waals surface area contributed by atoms with E-state index in [1.807, 2.05) is 53.4 Å². The van der Waals surface area contributed by atoms with Crippen LogP contribution >= 0.6 is 0 Å². The third-order valence-electron chi connectivity index (χ3n) is 5.68. The van der Waals surface area contributed by atoms with E-state index in [1.165, 1.54) is 5.56 Å². The maximum Gasteiger partial charge on any atom is 0.410 e. The molecule has 1 amide bonds. The van der Waals surface area contributed by atoms with Crippen LogP contribution in [0.25, 0.3) is 0 Å². The van der Waals surface area contributed by atoms with Gasteiger partial charge in [-0.05, 0) is 30.9 Å². The fourth-order valence-electron chi connectivity index (χ4n) is 4.18. The van der Waals surface area contributed by atoms with Crippen molar-refractivity contribution in [1.29, 1.82) is 0 Å². The van der Waals surface area contributed by atoms with Crippen LogP contribution in [0.4, 0.5) is 4.79 Å². The van der Waals surface area contributed by atoms with Crippen molar-refractivity contribution in [2.45, 2.75) is 51.2 Å². The predicted octanol–water partition coefficient (Wildman–Crippen LogP) is 4.39. The van der Waals surface area contributed by atoms with E-state index in [0.717, 1.165) is 18.4 Å². The predicted molar refractivity (Wildman–Crippen MR) is 99.5 cm³/mol. The fourth-order valence-corrected chi connectivity index (χ4v) is 4.18. The zero-order valence-corrected chi connectivity index (χ0v) is 15.1. The van der Waals surface area contributed by atoms with E-state index in [1.54, 1.807) is 0 Å². The Hall–Kier alpha value is -2.33. The molecule has 0 bridgehead atoms. The normalized spacial score (nSPS) is 26.9. The van der Waals surface area contributed by atoms with Crippen molar-refractivity contribution in [1.82, 2.24) is 4.90 Å². The molecule has 4 nitrogen and oxygen atoms in total. The first-order valence-electron chi connectivity index (χ1n) is 9.38. The summed E-state index contributed by atoms with van der Waals surface area (Å²) in [6, 6.07) is 20.3. The summed E-state index contributed by atoms with van der Waals surface area (Å²) < 4.78 is 11.8. The molecule has 2 aromatic carbocycles. The van der Waals surface area contributed by atoms with Gasteiger partial charge in [-0.1, -0.05) is 60.7 Å². The van der Waals surface area contributed by atoms with Gasteiger partial charge in [-0.3, -0.25) is 4.90 Å². The van der Waals surface area contributed by atoms with Crippen LogP contribution in [0.5, 0.6) is 0 Å². The summed E-state index contributed by atoms with van der Waals surface area (Å²) in [6.45, 7) is 2.99. The molecule has 136 valence electrons. The van der Waals surface area contributed by atoms with Gasteiger partial charge in [-0.15, -0.1) is 0 Å². The molecule has 2 aliphatic rings. The van der Waals surface area contributed by atoms with Crippen molar-refractivity contribution >= 4 is 6.09 Å². The molecule has 0 aromatic heterocycles. The first-order valence-corrected chi connectivity index (χ1v) is 9.38. The summed E-state index contributed by atoms with van der Waals surface area (Å²) in [5.41, 5.74) is 2.18. The highest BCUT2D eigenvalue weighted by atomic mass is 16.6. The smallest absolute Gasteiger partial charge is 0.410 e. The molecule has 0 N–H and O–H groups in total. The van der Waals surface area contributed by atoms with Crippen molar-refractivity contribution < 1.29 is 14.3 Å².